The molecule has 10 aromatic rings. The number of aromatic amines is 2. The molecule has 2 aliphatic heterocycles. The number of para-hydroxylation sites is 2. The van der Waals surface area contributed by atoms with Gasteiger partial charge in [0.1, 0.15) is 33.6 Å². The molecule has 2 aliphatic rings. The number of nitrogens with two attached hydrogens (primary N) is 1. The number of imidazole rings is 2. The standard InChI is InChI=1S/C36H42N6O4.C25H25N7/c1-23-12-14-24(15-13-23)25-16-17-26-29(22-25)42(34(44)46-36(5,6)7)38-30(26)32-37-31-27(40-20-18-39(8)19-21-40)10-9-11-28(31)41(32)33(43)45-35(2,3)4;1-31-11-13-32(14-12-31)22-4-2-3-20-24(22)28-25(27-20)23-19-10-7-17(15-21(19)29-30-23)16-5-8-18(26)9-6-16/h9-17,22H,18-21H2,1-8H3;2-10,15H,11-14,26H2,1H3,(H,27,28)(H,29,30). The molecule has 0 amide bonds. The lowest BCUT2D eigenvalue weighted by Gasteiger charge is -2.34. The van der Waals surface area contributed by atoms with E-state index in [1.165, 1.54) is 14.9 Å². The number of aryl methyl sites for hydroxylation is 1. The fraction of sp³-hybridized carbons (Fsp3) is 0.311. The maximum atomic E-state index is 13.9. The molecule has 0 bridgehead atoms. The molecular weight excluding hydrogens is 979 g/mol. The van der Waals surface area contributed by atoms with E-state index >= 15 is 0 Å². The van der Waals surface area contributed by atoms with Crippen molar-refractivity contribution in [3.05, 3.63) is 127 Å². The van der Waals surface area contributed by atoms with Crippen LogP contribution in [0.5, 0.6) is 0 Å². The molecule has 0 spiro atoms. The van der Waals surface area contributed by atoms with Crippen LogP contribution in [-0.4, -0.2) is 139 Å². The molecule has 400 valence electrons. The van der Waals surface area contributed by atoms with Gasteiger partial charge in [0.2, 0.25) is 0 Å². The number of rotatable bonds is 6. The highest BCUT2D eigenvalue weighted by atomic mass is 16.6. The van der Waals surface area contributed by atoms with Gasteiger partial charge in [0.25, 0.3) is 0 Å². The van der Waals surface area contributed by atoms with Crippen molar-refractivity contribution in [2.75, 3.05) is 82.0 Å². The van der Waals surface area contributed by atoms with Crippen molar-refractivity contribution in [1.29, 1.82) is 0 Å². The molecule has 4 N–H and O–H groups in total. The van der Waals surface area contributed by atoms with Crippen LogP contribution >= 0.6 is 0 Å². The summed E-state index contributed by atoms with van der Waals surface area (Å²) in [5.41, 5.74) is 18.6. The molecule has 17 nitrogen and oxygen atoms in total. The summed E-state index contributed by atoms with van der Waals surface area (Å²) in [5.74, 6) is 1.08. The first-order chi connectivity index (χ1) is 37.3. The average molecular weight is 1050 g/mol. The molecule has 6 aromatic carbocycles. The molecule has 4 aromatic heterocycles. The van der Waals surface area contributed by atoms with Crippen LogP contribution < -0.4 is 15.5 Å². The van der Waals surface area contributed by atoms with Gasteiger partial charge in [0, 0.05) is 68.8 Å². The second kappa shape index (κ2) is 20.4. The number of ether oxygens (including phenoxy) is 2. The SMILES string of the molecule is CN1CCN(c2cccc3[nH]c(-c4n[nH]c5cc(-c6ccc(N)cc6)ccc45)nc23)CC1.Cc1ccc(-c2ccc3c(-c4nc5c(N6CCN(C)CC6)cccc5n4C(=O)OC(C)(C)C)nn(C(=O)OC(C)(C)C)c3c2)cc1. The van der Waals surface area contributed by atoms with Gasteiger partial charge in [-0.1, -0.05) is 66.2 Å². The second-order valence-corrected chi connectivity index (χ2v) is 22.5. The van der Waals surface area contributed by atoms with Gasteiger partial charge in [0.05, 0.1) is 33.4 Å². The van der Waals surface area contributed by atoms with Crippen molar-refractivity contribution in [1.82, 2.24) is 49.3 Å². The number of fused-ring (bicyclic) bond motifs is 4. The number of H-pyrrole nitrogens is 2. The van der Waals surface area contributed by atoms with E-state index in [9.17, 15) is 9.59 Å². The highest BCUT2D eigenvalue weighted by Crippen LogP contribution is 2.38. The maximum Gasteiger partial charge on any atom is 0.435 e. The first-order valence-electron chi connectivity index (χ1n) is 26.6. The molecule has 0 saturated carbocycles. The molecule has 2 saturated heterocycles. The summed E-state index contributed by atoms with van der Waals surface area (Å²) in [6, 6.07) is 40.5. The fourth-order valence-corrected chi connectivity index (χ4v) is 10.2. The van der Waals surface area contributed by atoms with Gasteiger partial charge in [-0.25, -0.2) is 24.1 Å². The lowest BCUT2D eigenvalue weighted by Crippen LogP contribution is -2.44. The van der Waals surface area contributed by atoms with Crippen LogP contribution in [0.2, 0.25) is 0 Å². The number of carbonyl (C=O) groups excluding carboxylic acids is 2. The zero-order valence-electron chi connectivity index (χ0n) is 45.9. The van der Waals surface area contributed by atoms with Crippen LogP contribution in [0.15, 0.2) is 121 Å². The summed E-state index contributed by atoms with van der Waals surface area (Å²) < 4.78 is 14.4. The molecule has 0 unspecified atom stereocenters. The molecule has 6 heterocycles. The number of aromatic nitrogens is 8. The largest absolute Gasteiger partial charge is 0.443 e. The van der Waals surface area contributed by atoms with Crippen molar-refractivity contribution >= 4 is 73.1 Å². The zero-order valence-corrected chi connectivity index (χ0v) is 45.9. The number of likely N-dealkylation sites (N-methyl/N-ethyl adjacent to an activating group) is 2. The molecule has 78 heavy (non-hydrogen) atoms. The summed E-state index contributed by atoms with van der Waals surface area (Å²) >= 11 is 0. The Hall–Kier alpha value is -8.54. The number of nitrogens with one attached hydrogen (secondary N) is 2. The number of hydrogen-bond acceptors (Lipinski definition) is 13. The van der Waals surface area contributed by atoms with Crippen LogP contribution in [-0.2, 0) is 9.47 Å². The summed E-state index contributed by atoms with van der Waals surface area (Å²) in [5, 5.41) is 14.3. The highest BCUT2D eigenvalue weighted by Gasteiger charge is 2.31. The van der Waals surface area contributed by atoms with E-state index in [1.807, 2.05) is 121 Å². The van der Waals surface area contributed by atoms with E-state index in [4.69, 9.17) is 30.3 Å². The maximum absolute atomic E-state index is 13.9. The normalized spacial score (nSPS) is 14.8. The molecule has 12 rings (SSSR count). The third kappa shape index (κ3) is 10.5. The number of anilines is 3. The molecular formula is C61H67N13O4. The van der Waals surface area contributed by atoms with Crippen LogP contribution in [0.1, 0.15) is 47.1 Å². The third-order valence-electron chi connectivity index (χ3n) is 14.3. The van der Waals surface area contributed by atoms with E-state index in [0.717, 1.165) is 125 Å². The monoisotopic (exact) mass is 1050 g/mol. The Balaban J connectivity index is 0.000000176. The Labute approximate surface area is 453 Å². The van der Waals surface area contributed by atoms with Gasteiger partial charge < -0.3 is 39.8 Å². The summed E-state index contributed by atoms with van der Waals surface area (Å²) in [7, 11) is 4.29. The van der Waals surface area contributed by atoms with Crippen molar-refractivity contribution in [3.8, 4) is 45.3 Å². The predicted molar refractivity (Wildman–Crippen MR) is 312 cm³/mol. The van der Waals surface area contributed by atoms with Crippen molar-refractivity contribution in [3.63, 3.8) is 0 Å². The topological polar surface area (TPSA) is 185 Å². The molecule has 0 atom stereocenters. The van der Waals surface area contributed by atoms with Gasteiger partial charge in [-0.15, -0.1) is 0 Å². The van der Waals surface area contributed by atoms with Gasteiger partial charge in [0.15, 0.2) is 11.6 Å². The van der Waals surface area contributed by atoms with Gasteiger partial charge in [-0.2, -0.15) is 14.9 Å². The predicted octanol–water partition coefficient (Wildman–Crippen LogP) is 11.5. The van der Waals surface area contributed by atoms with E-state index in [0.29, 0.717) is 33.5 Å². The first-order valence-corrected chi connectivity index (χ1v) is 26.6. The molecule has 0 aliphatic carbocycles. The van der Waals surface area contributed by atoms with Crippen molar-refractivity contribution < 1.29 is 19.1 Å². The van der Waals surface area contributed by atoms with Crippen LogP contribution in [0, 0.1) is 6.92 Å². The zero-order chi connectivity index (χ0) is 54.6. The number of hydrogen-bond donors (Lipinski definition) is 3. The van der Waals surface area contributed by atoms with E-state index in [-0.39, 0.29) is 0 Å². The summed E-state index contributed by atoms with van der Waals surface area (Å²) in [6.45, 7) is 20.7. The average Bonchev–Trinajstić information content (AvgIpc) is 4.39. The lowest BCUT2D eigenvalue weighted by atomic mass is 10.0. The minimum absolute atomic E-state index is 0.293. The summed E-state index contributed by atoms with van der Waals surface area (Å²) in [4.78, 5) is 50.5. The van der Waals surface area contributed by atoms with Crippen molar-refractivity contribution in [2.24, 2.45) is 0 Å². The number of piperazine rings is 2. The third-order valence-corrected chi connectivity index (χ3v) is 14.3. The van der Waals surface area contributed by atoms with Gasteiger partial charge in [-0.05, 0) is 145 Å². The Morgan fingerprint density at radius 1 is 0.564 bits per heavy atom. The van der Waals surface area contributed by atoms with E-state index in [2.05, 4.69) is 97.4 Å². The number of nitrogen functional groups attached to an aromatic ring is 1. The summed E-state index contributed by atoms with van der Waals surface area (Å²) in [6.07, 6.45) is -1.19. The van der Waals surface area contributed by atoms with Crippen LogP contribution in [0.4, 0.5) is 26.7 Å². The highest BCUT2D eigenvalue weighted by molar-refractivity contribution is 6.04. The molecule has 0 radical (unpaired) electrons. The van der Waals surface area contributed by atoms with E-state index in [1.54, 1.807) is 0 Å². The Bertz CT molecular complexity index is 3840. The quantitative estimate of drug-likeness (QED) is 0.134. The van der Waals surface area contributed by atoms with Gasteiger partial charge in [-0.3, -0.25) is 5.10 Å². The van der Waals surface area contributed by atoms with Crippen LogP contribution in [0.3, 0.4) is 0 Å². The first kappa shape index (κ1) is 51.6. The molecule has 2 fully saturated rings. The Morgan fingerprint density at radius 3 is 1.74 bits per heavy atom. The minimum atomic E-state index is -0.749. The second-order valence-electron chi connectivity index (χ2n) is 22.5. The Kier molecular flexibility index (Phi) is 13.5. The van der Waals surface area contributed by atoms with Crippen molar-refractivity contribution in [2.45, 2.75) is 59.7 Å². The molecule has 17 heteroatoms. The minimum Gasteiger partial charge on any atom is -0.443 e. The lowest BCUT2D eigenvalue weighted by molar-refractivity contribution is 0.0520. The van der Waals surface area contributed by atoms with E-state index < -0.39 is 23.4 Å². The Morgan fingerprint density at radius 2 is 1.12 bits per heavy atom. The van der Waals surface area contributed by atoms with Gasteiger partial charge >= 0.3 is 12.2 Å². The fourth-order valence-electron chi connectivity index (χ4n) is 10.2. The number of benzene rings is 6. The van der Waals surface area contributed by atoms with Crippen LogP contribution in [0.25, 0.3) is 89.2 Å². The number of carbonyl (C=O) groups is 2. The number of nitrogens with zero attached hydrogens (tertiary/aromatic N) is 10. The smallest absolute Gasteiger partial charge is 0.435 e.